The normalized spacial score (nSPS) is 32.9. The van der Waals surface area contributed by atoms with Gasteiger partial charge in [-0.3, -0.25) is 4.79 Å². The number of fused-ring (bicyclic) bond motifs is 4. The summed E-state index contributed by atoms with van der Waals surface area (Å²) < 4.78 is 35.7. The molecule has 7 nitrogen and oxygen atoms in total. The minimum Gasteiger partial charge on any atom is -0.490 e. The van der Waals surface area contributed by atoms with Crippen molar-refractivity contribution in [3.8, 4) is 5.75 Å². The molecular formula is C37H47ClN2O5S. The molecule has 4 aliphatic rings. The number of nitrogens with one attached hydrogen (secondary N) is 1. The second-order valence-corrected chi connectivity index (χ2v) is 17.0. The number of carbonyl (C=O) groups excluding carboxylic acids is 1. The van der Waals surface area contributed by atoms with Crippen LogP contribution in [0, 0.1) is 17.8 Å². The number of aliphatic hydroxyl groups is 1. The summed E-state index contributed by atoms with van der Waals surface area (Å²) in [4.78, 5) is 15.8. The van der Waals surface area contributed by atoms with Crippen LogP contribution in [0.15, 0.2) is 60.2 Å². The van der Waals surface area contributed by atoms with E-state index in [0.717, 1.165) is 48.4 Å². The van der Waals surface area contributed by atoms with Gasteiger partial charge < -0.3 is 14.7 Å². The molecule has 2 heterocycles. The first-order chi connectivity index (χ1) is 21.8. The lowest BCUT2D eigenvalue weighted by Gasteiger charge is -2.49. The standard InChI is InChI=1S/C37H47ClN2O5S/c1-24(2)15-18-37(42)17-5-7-25(3)26(4)46(43,44)39-35(41)28-10-14-34-33(20-28)40(21-29-9-12-32(29)37)22-36(23-45-34)16-6-8-27-19-30(38)11-13-31(27)36/h5,10-11,13-15,17,19-20,25-26,29,32,42H,6-9,12,16,18,21-23H2,1-4H3,(H,39,41)/b17-5+/t25-,26+,29-,32+,36-,37+/m0/s1. The topological polar surface area (TPSA) is 95.9 Å². The van der Waals surface area contributed by atoms with Crippen LogP contribution in [-0.4, -0.2) is 50.0 Å². The fraction of sp³-hybridized carbons (Fsp3) is 0.541. The van der Waals surface area contributed by atoms with Crippen molar-refractivity contribution in [2.24, 2.45) is 17.8 Å². The van der Waals surface area contributed by atoms with Crippen molar-refractivity contribution in [2.45, 2.75) is 88.9 Å². The van der Waals surface area contributed by atoms with E-state index >= 15 is 0 Å². The van der Waals surface area contributed by atoms with E-state index in [1.54, 1.807) is 25.1 Å². The first-order valence-corrected chi connectivity index (χ1v) is 18.6. The number of allylic oxidation sites excluding steroid dienone is 2. The Morgan fingerprint density at radius 1 is 1.17 bits per heavy atom. The number of benzene rings is 2. The molecule has 2 aromatic rings. The van der Waals surface area contributed by atoms with Crippen LogP contribution in [0.25, 0.3) is 0 Å². The Bertz CT molecular complexity index is 1670. The summed E-state index contributed by atoms with van der Waals surface area (Å²) in [5.74, 6) is 0.0317. The molecule has 0 unspecified atom stereocenters. The molecule has 46 heavy (non-hydrogen) atoms. The summed E-state index contributed by atoms with van der Waals surface area (Å²) in [6, 6.07) is 11.4. The van der Waals surface area contributed by atoms with Crippen molar-refractivity contribution in [3.05, 3.63) is 81.9 Å². The summed E-state index contributed by atoms with van der Waals surface area (Å²) in [5.41, 5.74) is 3.38. The van der Waals surface area contributed by atoms with E-state index in [-0.39, 0.29) is 28.7 Å². The van der Waals surface area contributed by atoms with Crippen LogP contribution in [0.3, 0.4) is 0 Å². The van der Waals surface area contributed by atoms with Crippen molar-refractivity contribution >= 4 is 33.2 Å². The van der Waals surface area contributed by atoms with E-state index in [2.05, 4.69) is 27.8 Å². The molecule has 2 aromatic carbocycles. The summed E-state index contributed by atoms with van der Waals surface area (Å²) in [6.07, 6.45) is 11.8. The third kappa shape index (κ3) is 6.37. The maximum absolute atomic E-state index is 13.5. The number of rotatable bonds is 2. The number of nitrogens with zero attached hydrogens (tertiary/aromatic N) is 1. The van der Waals surface area contributed by atoms with Gasteiger partial charge in [0, 0.05) is 29.1 Å². The van der Waals surface area contributed by atoms with Crippen molar-refractivity contribution in [3.63, 3.8) is 0 Å². The highest BCUT2D eigenvalue weighted by molar-refractivity contribution is 7.90. The molecule has 6 rings (SSSR count). The maximum atomic E-state index is 13.5. The van der Waals surface area contributed by atoms with Crippen LogP contribution in [0.1, 0.15) is 87.7 Å². The quantitative estimate of drug-likeness (QED) is 0.336. The highest BCUT2D eigenvalue weighted by Crippen LogP contribution is 2.49. The number of anilines is 1. The van der Waals surface area contributed by atoms with Crippen LogP contribution in [-0.2, 0) is 21.9 Å². The van der Waals surface area contributed by atoms with Crippen molar-refractivity contribution in [1.29, 1.82) is 0 Å². The minimum absolute atomic E-state index is 0.0382. The van der Waals surface area contributed by atoms with Gasteiger partial charge in [0.25, 0.3) is 5.91 Å². The first kappa shape index (κ1) is 33.1. The fourth-order valence-corrected chi connectivity index (χ4v) is 9.44. The van der Waals surface area contributed by atoms with Gasteiger partial charge in [-0.15, -0.1) is 0 Å². The molecule has 6 atom stereocenters. The number of ether oxygens (including phenoxy) is 1. The smallest absolute Gasteiger partial charge is 0.264 e. The van der Waals surface area contributed by atoms with Crippen molar-refractivity contribution in [1.82, 2.24) is 4.72 Å². The first-order valence-electron chi connectivity index (χ1n) is 16.7. The third-order valence-electron chi connectivity index (χ3n) is 11.1. The molecule has 1 fully saturated rings. The number of halogens is 1. The Morgan fingerprint density at radius 3 is 2.72 bits per heavy atom. The van der Waals surface area contributed by atoms with E-state index in [9.17, 15) is 18.3 Å². The zero-order valence-corrected chi connectivity index (χ0v) is 29.0. The van der Waals surface area contributed by atoms with Gasteiger partial charge in [0.1, 0.15) is 5.75 Å². The molecule has 248 valence electrons. The molecule has 1 amide bonds. The molecule has 0 radical (unpaired) electrons. The Balaban J connectivity index is 1.45. The predicted molar refractivity (Wildman–Crippen MR) is 184 cm³/mol. The zero-order valence-electron chi connectivity index (χ0n) is 27.4. The van der Waals surface area contributed by atoms with Gasteiger partial charge in [-0.05, 0) is 125 Å². The Labute approximate surface area is 279 Å². The molecule has 2 aliphatic heterocycles. The Morgan fingerprint density at radius 2 is 1.98 bits per heavy atom. The number of sulfonamides is 1. The van der Waals surface area contributed by atoms with Gasteiger partial charge >= 0.3 is 0 Å². The van der Waals surface area contributed by atoms with Crippen molar-refractivity contribution in [2.75, 3.05) is 24.6 Å². The van der Waals surface area contributed by atoms with Crippen LogP contribution < -0.4 is 14.4 Å². The number of aryl methyl sites for hydroxylation is 1. The van der Waals surface area contributed by atoms with E-state index in [1.807, 2.05) is 39.0 Å². The second-order valence-electron chi connectivity index (χ2n) is 14.5. The lowest BCUT2D eigenvalue weighted by molar-refractivity contribution is -0.0430. The summed E-state index contributed by atoms with van der Waals surface area (Å²) in [7, 11) is -3.96. The van der Waals surface area contributed by atoms with Gasteiger partial charge in [0.15, 0.2) is 0 Å². The highest BCUT2D eigenvalue weighted by Gasteiger charge is 2.47. The van der Waals surface area contributed by atoms with Crippen LogP contribution in [0.2, 0.25) is 5.02 Å². The average Bonchev–Trinajstić information content (AvgIpc) is 3.14. The monoisotopic (exact) mass is 666 g/mol. The van der Waals surface area contributed by atoms with Gasteiger partial charge in [0.05, 0.1) is 23.1 Å². The second kappa shape index (κ2) is 12.7. The van der Waals surface area contributed by atoms with E-state index in [1.165, 1.54) is 11.1 Å². The summed E-state index contributed by atoms with van der Waals surface area (Å²) in [5, 5.41) is 12.2. The van der Waals surface area contributed by atoms with Gasteiger partial charge in [-0.2, -0.15) is 0 Å². The van der Waals surface area contributed by atoms with Gasteiger partial charge in [-0.25, -0.2) is 13.1 Å². The van der Waals surface area contributed by atoms with E-state index in [0.29, 0.717) is 38.3 Å². The molecule has 9 heteroatoms. The number of hydrogen-bond donors (Lipinski definition) is 2. The molecule has 0 aromatic heterocycles. The minimum atomic E-state index is -3.96. The summed E-state index contributed by atoms with van der Waals surface area (Å²) in [6.45, 7) is 9.45. The molecule has 1 saturated carbocycles. The van der Waals surface area contributed by atoms with Crippen LogP contribution in [0.4, 0.5) is 5.69 Å². The van der Waals surface area contributed by atoms with E-state index < -0.39 is 26.8 Å². The SMILES string of the molecule is CC(C)=CC[C@]1(O)/C=C/C[C@H](C)[C@@H](C)S(=O)(=O)NC(=O)c2ccc3c(c2)N(C[C@@H]2CC[C@H]21)C[C@@]1(CCCc2cc(Cl)ccc21)CO3. The zero-order chi connectivity index (χ0) is 32.9. The Kier molecular flexibility index (Phi) is 9.11. The molecule has 2 N–H and O–H groups in total. The lowest BCUT2D eigenvalue weighted by Crippen LogP contribution is -2.52. The molecular weight excluding hydrogens is 620 g/mol. The van der Waals surface area contributed by atoms with Crippen LogP contribution >= 0.6 is 11.6 Å². The van der Waals surface area contributed by atoms with Gasteiger partial charge in [0.2, 0.25) is 10.0 Å². The number of amides is 1. The maximum Gasteiger partial charge on any atom is 0.264 e. The fourth-order valence-electron chi connectivity index (χ4n) is 7.96. The molecule has 1 spiro atoms. The molecule has 2 aliphatic carbocycles. The average molecular weight is 667 g/mol. The number of hydrogen-bond acceptors (Lipinski definition) is 6. The third-order valence-corrected chi connectivity index (χ3v) is 13.2. The van der Waals surface area contributed by atoms with E-state index in [4.69, 9.17) is 16.3 Å². The number of carbonyl (C=O) groups is 1. The molecule has 2 bridgehead atoms. The predicted octanol–water partition coefficient (Wildman–Crippen LogP) is 6.97. The lowest BCUT2D eigenvalue weighted by atomic mass is 9.63. The Hall–Kier alpha value is -2.81. The van der Waals surface area contributed by atoms with Gasteiger partial charge in [-0.1, -0.05) is 48.4 Å². The highest BCUT2D eigenvalue weighted by atomic mass is 35.5. The molecule has 0 saturated heterocycles. The summed E-state index contributed by atoms with van der Waals surface area (Å²) >= 11 is 6.43. The largest absolute Gasteiger partial charge is 0.490 e. The van der Waals surface area contributed by atoms with Crippen molar-refractivity contribution < 1.29 is 23.1 Å². The van der Waals surface area contributed by atoms with Crippen LogP contribution in [0.5, 0.6) is 5.75 Å².